The van der Waals surface area contributed by atoms with Crippen molar-refractivity contribution in [1.29, 1.82) is 0 Å². The number of hydrogen-bond donors (Lipinski definition) is 3. The van der Waals surface area contributed by atoms with E-state index >= 15 is 0 Å². The smallest absolute Gasteiger partial charge is 0.261 e. The van der Waals surface area contributed by atoms with Crippen LogP contribution in [0.4, 0.5) is 15.9 Å². The molecule has 0 fully saturated rings. The molecular weight excluding hydrogens is 211 g/mol. The lowest BCUT2D eigenvalue weighted by Gasteiger charge is -2.03. The molecule has 0 spiro atoms. The first-order chi connectivity index (χ1) is 7.66. The third-order valence-corrected chi connectivity index (χ3v) is 2.02. The van der Waals surface area contributed by atoms with E-state index in [0.29, 0.717) is 5.69 Å². The number of rotatable bonds is 2. The lowest BCUT2D eigenvalue weighted by Crippen LogP contribution is -2.12. The fraction of sp³-hybridized carbons (Fsp3) is 0. The molecular formula is C10H9FN4O. The first-order valence-electron chi connectivity index (χ1n) is 4.52. The van der Waals surface area contributed by atoms with Crippen LogP contribution in [0.2, 0.25) is 0 Å². The molecule has 0 aliphatic heterocycles. The molecule has 0 aliphatic rings. The standard InChI is InChI=1S/C10H9FN4O/c11-6-1-3-7(4-2-6)14-10(16)8-5-13-15-9(8)12/h1-5H,(H,14,16)(H3,12,13,15). The van der Waals surface area contributed by atoms with Gasteiger partial charge in [-0.05, 0) is 24.3 Å². The number of amides is 1. The molecule has 1 aromatic carbocycles. The van der Waals surface area contributed by atoms with Crippen LogP contribution in [0.15, 0.2) is 30.5 Å². The van der Waals surface area contributed by atoms with Crippen LogP contribution in [0, 0.1) is 5.82 Å². The Morgan fingerprint density at radius 3 is 2.62 bits per heavy atom. The van der Waals surface area contributed by atoms with Gasteiger partial charge in [-0.1, -0.05) is 0 Å². The number of aromatic amines is 1. The maximum Gasteiger partial charge on any atom is 0.261 e. The molecule has 5 nitrogen and oxygen atoms in total. The maximum atomic E-state index is 12.6. The number of benzene rings is 1. The van der Waals surface area contributed by atoms with Crippen molar-refractivity contribution < 1.29 is 9.18 Å². The van der Waals surface area contributed by atoms with Gasteiger partial charge in [-0.25, -0.2) is 4.39 Å². The molecule has 2 rings (SSSR count). The number of halogens is 1. The van der Waals surface area contributed by atoms with Gasteiger partial charge in [0.1, 0.15) is 17.2 Å². The summed E-state index contributed by atoms with van der Waals surface area (Å²) in [5.74, 6) is -0.557. The van der Waals surface area contributed by atoms with Crippen LogP contribution in [0.3, 0.4) is 0 Å². The van der Waals surface area contributed by atoms with Gasteiger partial charge in [-0.15, -0.1) is 0 Å². The minimum Gasteiger partial charge on any atom is -0.383 e. The predicted molar refractivity (Wildman–Crippen MR) is 57.4 cm³/mol. The van der Waals surface area contributed by atoms with Crippen molar-refractivity contribution in [2.45, 2.75) is 0 Å². The van der Waals surface area contributed by atoms with Gasteiger partial charge >= 0.3 is 0 Å². The van der Waals surface area contributed by atoms with E-state index in [0.717, 1.165) is 0 Å². The number of hydrogen-bond acceptors (Lipinski definition) is 3. The highest BCUT2D eigenvalue weighted by Gasteiger charge is 2.11. The molecule has 16 heavy (non-hydrogen) atoms. The molecule has 0 atom stereocenters. The number of nitrogens with one attached hydrogen (secondary N) is 2. The summed E-state index contributed by atoms with van der Waals surface area (Å²) in [4.78, 5) is 11.6. The summed E-state index contributed by atoms with van der Waals surface area (Å²) in [5, 5.41) is 8.65. The molecule has 0 aliphatic carbocycles. The summed E-state index contributed by atoms with van der Waals surface area (Å²) in [6.07, 6.45) is 1.33. The topological polar surface area (TPSA) is 83.8 Å². The molecule has 0 radical (unpaired) electrons. The second-order valence-electron chi connectivity index (χ2n) is 3.16. The number of nitrogens with two attached hydrogens (primary N) is 1. The number of nitrogens with zero attached hydrogens (tertiary/aromatic N) is 1. The van der Waals surface area contributed by atoms with Gasteiger partial charge in [0.05, 0.1) is 6.20 Å². The average Bonchev–Trinajstić information content (AvgIpc) is 2.68. The van der Waals surface area contributed by atoms with Crippen LogP contribution >= 0.6 is 0 Å². The Morgan fingerprint density at radius 2 is 2.06 bits per heavy atom. The normalized spacial score (nSPS) is 10.1. The Kier molecular flexibility index (Phi) is 2.55. The lowest BCUT2D eigenvalue weighted by molar-refractivity contribution is 0.102. The zero-order valence-electron chi connectivity index (χ0n) is 8.20. The van der Waals surface area contributed by atoms with Gasteiger partial charge in [0.2, 0.25) is 0 Å². The van der Waals surface area contributed by atoms with E-state index in [2.05, 4.69) is 15.5 Å². The Hall–Kier alpha value is -2.37. The molecule has 2 aromatic rings. The van der Waals surface area contributed by atoms with E-state index in [9.17, 15) is 9.18 Å². The number of anilines is 2. The SMILES string of the molecule is Nc1[nH]ncc1C(=O)Nc1ccc(F)cc1. The van der Waals surface area contributed by atoms with Crippen molar-refractivity contribution in [2.24, 2.45) is 0 Å². The van der Waals surface area contributed by atoms with E-state index in [1.807, 2.05) is 0 Å². The molecule has 0 saturated carbocycles. The summed E-state index contributed by atoms with van der Waals surface area (Å²) < 4.78 is 12.6. The first-order valence-corrected chi connectivity index (χ1v) is 4.52. The molecule has 0 bridgehead atoms. The summed E-state index contributed by atoms with van der Waals surface area (Å²) in [6.45, 7) is 0. The highest BCUT2D eigenvalue weighted by Crippen LogP contribution is 2.12. The zero-order valence-corrected chi connectivity index (χ0v) is 8.20. The molecule has 4 N–H and O–H groups in total. The van der Waals surface area contributed by atoms with E-state index in [1.54, 1.807) is 0 Å². The molecule has 0 unspecified atom stereocenters. The zero-order chi connectivity index (χ0) is 11.5. The molecule has 0 saturated heterocycles. The number of carbonyl (C=O) groups excluding carboxylic acids is 1. The summed E-state index contributed by atoms with van der Waals surface area (Å²) in [7, 11) is 0. The van der Waals surface area contributed by atoms with Gasteiger partial charge < -0.3 is 11.1 Å². The second kappa shape index (κ2) is 4.01. The highest BCUT2D eigenvalue weighted by atomic mass is 19.1. The highest BCUT2D eigenvalue weighted by molar-refractivity contribution is 6.06. The quantitative estimate of drug-likeness (QED) is 0.714. The van der Waals surface area contributed by atoms with E-state index < -0.39 is 5.91 Å². The molecule has 1 heterocycles. The fourth-order valence-electron chi connectivity index (χ4n) is 1.21. The van der Waals surface area contributed by atoms with Crippen LogP contribution in [0.25, 0.3) is 0 Å². The van der Waals surface area contributed by atoms with Gasteiger partial charge in [0.15, 0.2) is 0 Å². The Labute approximate surface area is 90.5 Å². The fourth-order valence-corrected chi connectivity index (χ4v) is 1.21. The van der Waals surface area contributed by atoms with E-state index in [-0.39, 0.29) is 17.2 Å². The van der Waals surface area contributed by atoms with Crippen molar-refractivity contribution in [3.05, 3.63) is 41.8 Å². The van der Waals surface area contributed by atoms with Gasteiger partial charge in [-0.2, -0.15) is 5.10 Å². The molecule has 82 valence electrons. The van der Waals surface area contributed by atoms with Crippen LogP contribution < -0.4 is 11.1 Å². The van der Waals surface area contributed by atoms with Crippen molar-refractivity contribution in [1.82, 2.24) is 10.2 Å². The van der Waals surface area contributed by atoms with Crippen molar-refractivity contribution in [3.8, 4) is 0 Å². The second-order valence-corrected chi connectivity index (χ2v) is 3.16. The van der Waals surface area contributed by atoms with Crippen LogP contribution in [0.5, 0.6) is 0 Å². The third kappa shape index (κ3) is 2.00. The minimum atomic E-state index is -0.391. The average molecular weight is 220 g/mol. The Balaban J connectivity index is 2.14. The van der Waals surface area contributed by atoms with Crippen molar-refractivity contribution in [3.63, 3.8) is 0 Å². The molecule has 6 heteroatoms. The molecule has 1 amide bonds. The van der Waals surface area contributed by atoms with E-state index in [4.69, 9.17) is 5.73 Å². The first kappa shape index (κ1) is 10.2. The van der Waals surface area contributed by atoms with Gasteiger partial charge in [0.25, 0.3) is 5.91 Å². The largest absolute Gasteiger partial charge is 0.383 e. The van der Waals surface area contributed by atoms with Gasteiger partial charge in [0, 0.05) is 5.69 Å². The van der Waals surface area contributed by atoms with Crippen LogP contribution in [-0.4, -0.2) is 16.1 Å². The summed E-state index contributed by atoms with van der Waals surface area (Å²) >= 11 is 0. The van der Waals surface area contributed by atoms with Crippen LogP contribution in [0.1, 0.15) is 10.4 Å². The number of aromatic nitrogens is 2. The van der Waals surface area contributed by atoms with Gasteiger partial charge in [-0.3, -0.25) is 9.89 Å². The Morgan fingerprint density at radius 1 is 1.38 bits per heavy atom. The lowest BCUT2D eigenvalue weighted by atomic mass is 10.2. The summed E-state index contributed by atoms with van der Waals surface area (Å²) in [5.41, 5.74) is 6.23. The number of nitrogen functional groups attached to an aromatic ring is 1. The number of carbonyl (C=O) groups is 1. The monoisotopic (exact) mass is 220 g/mol. The third-order valence-electron chi connectivity index (χ3n) is 2.02. The van der Waals surface area contributed by atoms with E-state index in [1.165, 1.54) is 30.5 Å². The minimum absolute atomic E-state index is 0.194. The predicted octanol–water partition coefficient (Wildman–Crippen LogP) is 1.38. The molecule has 1 aromatic heterocycles. The van der Waals surface area contributed by atoms with Crippen molar-refractivity contribution >= 4 is 17.4 Å². The number of H-pyrrole nitrogens is 1. The summed E-state index contributed by atoms with van der Waals surface area (Å²) in [6, 6.07) is 5.44. The van der Waals surface area contributed by atoms with Crippen molar-refractivity contribution in [2.75, 3.05) is 11.1 Å². The maximum absolute atomic E-state index is 12.6. The van der Waals surface area contributed by atoms with Crippen LogP contribution in [-0.2, 0) is 0 Å². The Bertz CT molecular complexity index is 506.